The van der Waals surface area contributed by atoms with Crippen LogP contribution in [0, 0.1) is 13.8 Å². The smallest absolute Gasteiger partial charge is 0.248 e. The van der Waals surface area contributed by atoms with Crippen LogP contribution in [0.4, 0.5) is 5.69 Å². The first-order valence-corrected chi connectivity index (χ1v) is 9.55. The van der Waals surface area contributed by atoms with Crippen LogP contribution >= 0.6 is 11.8 Å². The minimum atomic E-state index is -0.158. The molecule has 0 atom stereocenters. The van der Waals surface area contributed by atoms with Crippen LogP contribution in [0.1, 0.15) is 17.0 Å². The van der Waals surface area contributed by atoms with Crippen molar-refractivity contribution in [1.29, 1.82) is 0 Å². The number of nitrogens with one attached hydrogen (secondary N) is 1. The molecule has 0 spiro atoms. The van der Waals surface area contributed by atoms with E-state index >= 15 is 0 Å². The fourth-order valence-electron chi connectivity index (χ4n) is 2.76. The Morgan fingerprint density at radius 2 is 1.88 bits per heavy atom. The van der Waals surface area contributed by atoms with Crippen molar-refractivity contribution >= 4 is 29.4 Å². The summed E-state index contributed by atoms with van der Waals surface area (Å²) >= 11 is 1.64. The van der Waals surface area contributed by atoms with Crippen LogP contribution in [-0.2, 0) is 4.79 Å². The molecule has 0 fully saturated rings. The highest BCUT2D eigenvalue weighted by atomic mass is 32.2. The quantitative estimate of drug-likeness (QED) is 0.520. The number of anilines is 1. The first-order valence-electron chi connectivity index (χ1n) is 8.33. The molecular formula is C21H21N3OS. The van der Waals surface area contributed by atoms with Gasteiger partial charge in [-0.05, 0) is 56.5 Å². The number of thioether (sulfide) groups is 1. The number of hydrogen-bond acceptors (Lipinski definition) is 3. The molecule has 3 aromatic rings. The maximum absolute atomic E-state index is 12.3. The molecule has 0 bridgehead atoms. The van der Waals surface area contributed by atoms with Gasteiger partial charge in [0.25, 0.3) is 0 Å². The Hall–Kier alpha value is -2.79. The average Bonchev–Trinajstić information content (AvgIpc) is 2.95. The van der Waals surface area contributed by atoms with E-state index in [0.29, 0.717) is 0 Å². The summed E-state index contributed by atoms with van der Waals surface area (Å²) in [7, 11) is 0. The van der Waals surface area contributed by atoms with E-state index in [1.54, 1.807) is 17.8 Å². The number of aryl methyl sites for hydroxylation is 1. The highest BCUT2D eigenvalue weighted by molar-refractivity contribution is 7.98. The molecule has 1 N–H and O–H groups in total. The topological polar surface area (TPSA) is 46.9 Å². The molecule has 1 aromatic heterocycles. The summed E-state index contributed by atoms with van der Waals surface area (Å²) in [4.78, 5) is 13.4. The fraction of sp³-hybridized carbons (Fsp3) is 0.143. The van der Waals surface area contributed by atoms with Crippen molar-refractivity contribution in [2.45, 2.75) is 18.7 Å². The lowest BCUT2D eigenvalue weighted by molar-refractivity contribution is -0.111. The summed E-state index contributed by atoms with van der Waals surface area (Å²) < 4.78 is 1.90. The molecule has 132 valence electrons. The van der Waals surface area contributed by atoms with Crippen molar-refractivity contribution in [2.24, 2.45) is 0 Å². The molecule has 0 aliphatic carbocycles. The number of rotatable bonds is 5. The Morgan fingerprint density at radius 3 is 2.62 bits per heavy atom. The molecule has 1 heterocycles. The van der Waals surface area contributed by atoms with Crippen LogP contribution in [0.5, 0.6) is 0 Å². The summed E-state index contributed by atoms with van der Waals surface area (Å²) in [6.45, 7) is 3.96. The van der Waals surface area contributed by atoms with E-state index in [1.165, 1.54) is 0 Å². The second-order valence-electron chi connectivity index (χ2n) is 5.89. The van der Waals surface area contributed by atoms with E-state index in [9.17, 15) is 4.79 Å². The van der Waals surface area contributed by atoms with Gasteiger partial charge in [0.15, 0.2) is 0 Å². The van der Waals surface area contributed by atoms with E-state index in [1.807, 2.05) is 85.5 Å². The fourth-order valence-corrected chi connectivity index (χ4v) is 3.22. The van der Waals surface area contributed by atoms with Gasteiger partial charge >= 0.3 is 0 Å². The van der Waals surface area contributed by atoms with Gasteiger partial charge in [0, 0.05) is 27.9 Å². The van der Waals surface area contributed by atoms with E-state index in [-0.39, 0.29) is 5.91 Å². The van der Waals surface area contributed by atoms with E-state index in [0.717, 1.165) is 33.2 Å². The number of hydrogen-bond donors (Lipinski definition) is 1. The zero-order valence-electron chi connectivity index (χ0n) is 15.1. The number of carbonyl (C=O) groups is 1. The van der Waals surface area contributed by atoms with E-state index in [4.69, 9.17) is 0 Å². The lowest BCUT2D eigenvalue weighted by Crippen LogP contribution is -2.07. The molecule has 2 aromatic carbocycles. The third-order valence-corrected chi connectivity index (χ3v) is 4.81. The van der Waals surface area contributed by atoms with Crippen molar-refractivity contribution < 1.29 is 4.79 Å². The van der Waals surface area contributed by atoms with Crippen LogP contribution in [0.3, 0.4) is 0 Å². The number of nitrogens with zero attached hydrogens (tertiary/aromatic N) is 2. The maximum Gasteiger partial charge on any atom is 0.248 e. The molecule has 0 radical (unpaired) electrons. The highest BCUT2D eigenvalue weighted by Gasteiger charge is 2.10. The van der Waals surface area contributed by atoms with Crippen molar-refractivity contribution in [3.63, 3.8) is 0 Å². The van der Waals surface area contributed by atoms with Crippen molar-refractivity contribution in [2.75, 3.05) is 11.6 Å². The predicted molar refractivity (Wildman–Crippen MR) is 109 cm³/mol. The maximum atomic E-state index is 12.3. The number of aromatic nitrogens is 2. The lowest BCUT2D eigenvalue weighted by atomic mass is 10.2. The van der Waals surface area contributed by atoms with Gasteiger partial charge in [0.05, 0.1) is 11.4 Å². The number of benzene rings is 2. The monoisotopic (exact) mass is 363 g/mol. The summed E-state index contributed by atoms with van der Waals surface area (Å²) in [6.07, 6.45) is 5.39. The first-order chi connectivity index (χ1) is 12.6. The van der Waals surface area contributed by atoms with Gasteiger partial charge in [-0.1, -0.05) is 24.3 Å². The summed E-state index contributed by atoms with van der Waals surface area (Å²) in [5.41, 5.74) is 4.65. The zero-order valence-corrected chi connectivity index (χ0v) is 15.9. The lowest BCUT2D eigenvalue weighted by Gasteiger charge is -2.04. The van der Waals surface area contributed by atoms with Crippen LogP contribution in [-0.4, -0.2) is 21.9 Å². The molecule has 0 aliphatic heterocycles. The predicted octanol–water partition coefficient (Wildman–Crippen LogP) is 4.86. The Labute approximate surface area is 157 Å². The van der Waals surface area contributed by atoms with Crippen LogP contribution < -0.4 is 5.32 Å². The third-order valence-electron chi connectivity index (χ3n) is 4.09. The molecule has 0 saturated carbocycles. The molecule has 26 heavy (non-hydrogen) atoms. The van der Waals surface area contributed by atoms with Gasteiger partial charge in [0.1, 0.15) is 0 Å². The number of carbonyl (C=O) groups excluding carboxylic acids is 1. The average molecular weight is 363 g/mol. The zero-order chi connectivity index (χ0) is 18.5. The molecule has 5 heteroatoms. The third kappa shape index (κ3) is 4.06. The molecule has 0 saturated heterocycles. The van der Waals surface area contributed by atoms with Gasteiger partial charge in [-0.25, -0.2) is 4.68 Å². The minimum absolute atomic E-state index is 0.158. The Balaban J connectivity index is 1.78. The summed E-state index contributed by atoms with van der Waals surface area (Å²) in [5, 5.41) is 7.49. The van der Waals surface area contributed by atoms with E-state index in [2.05, 4.69) is 10.4 Å². The Kier molecular flexibility index (Phi) is 5.58. The van der Waals surface area contributed by atoms with Gasteiger partial charge in [-0.2, -0.15) is 5.10 Å². The SMILES string of the molecule is CSc1cccc(NC(=O)/C=C/c2c(C)nn(-c3ccccc3)c2C)c1. The minimum Gasteiger partial charge on any atom is -0.322 e. The van der Waals surface area contributed by atoms with E-state index < -0.39 is 0 Å². The molecule has 1 amide bonds. The molecule has 0 unspecified atom stereocenters. The van der Waals surface area contributed by atoms with Crippen LogP contribution in [0.15, 0.2) is 65.6 Å². The van der Waals surface area contributed by atoms with Crippen molar-refractivity contribution in [3.05, 3.63) is 77.6 Å². The second kappa shape index (κ2) is 8.06. The first kappa shape index (κ1) is 18.0. The number of para-hydroxylation sites is 1. The van der Waals surface area contributed by atoms with Gasteiger partial charge in [-0.3, -0.25) is 4.79 Å². The largest absolute Gasteiger partial charge is 0.322 e. The molecular weight excluding hydrogens is 342 g/mol. The molecule has 3 rings (SSSR count). The van der Waals surface area contributed by atoms with Gasteiger partial charge in [-0.15, -0.1) is 11.8 Å². The molecule has 0 aliphatic rings. The van der Waals surface area contributed by atoms with Crippen LogP contribution in [0.2, 0.25) is 0 Å². The molecule has 4 nitrogen and oxygen atoms in total. The summed E-state index contributed by atoms with van der Waals surface area (Å²) in [6, 6.07) is 17.8. The van der Waals surface area contributed by atoms with Crippen molar-refractivity contribution in [3.8, 4) is 5.69 Å². The number of amides is 1. The van der Waals surface area contributed by atoms with Gasteiger partial charge < -0.3 is 5.32 Å². The standard InChI is InChI=1S/C21H21N3OS/c1-15-20(16(2)24(23-15)18-9-5-4-6-10-18)12-13-21(25)22-17-8-7-11-19(14-17)26-3/h4-14H,1-3H3,(H,22,25)/b13-12+. The second-order valence-corrected chi connectivity index (χ2v) is 6.77. The summed E-state index contributed by atoms with van der Waals surface area (Å²) in [5.74, 6) is -0.158. The van der Waals surface area contributed by atoms with Gasteiger partial charge in [0.2, 0.25) is 5.91 Å². The Bertz CT molecular complexity index is 945. The Morgan fingerprint density at radius 1 is 1.12 bits per heavy atom. The van der Waals surface area contributed by atoms with Crippen molar-refractivity contribution in [1.82, 2.24) is 9.78 Å². The highest BCUT2D eigenvalue weighted by Crippen LogP contribution is 2.20. The van der Waals surface area contributed by atoms with Crippen LogP contribution in [0.25, 0.3) is 11.8 Å². The normalized spacial score (nSPS) is 11.0.